The van der Waals surface area contributed by atoms with Crippen molar-refractivity contribution in [1.29, 1.82) is 5.26 Å². The molecule has 0 aliphatic heterocycles. The Kier molecular flexibility index (Phi) is 4.21. The molecule has 0 heterocycles. The van der Waals surface area contributed by atoms with Crippen molar-refractivity contribution in [1.82, 2.24) is 4.31 Å². The molecule has 6 heteroatoms. The zero-order valence-corrected chi connectivity index (χ0v) is 10.5. The maximum absolute atomic E-state index is 13.3. The van der Waals surface area contributed by atoms with Crippen LogP contribution >= 0.6 is 0 Å². The zero-order valence-electron chi connectivity index (χ0n) is 9.64. The Morgan fingerprint density at radius 3 is 2.59 bits per heavy atom. The minimum atomic E-state index is -3.78. The van der Waals surface area contributed by atoms with Crippen molar-refractivity contribution in [2.24, 2.45) is 0 Å². The van der Waals surface area contributed by atoms with Gasteiger partial charge in [-0.2, -0.15) is 9.57 Å². The molecule has 0 amide bonds. The molecule has 0 saturated heterocycles. The smallest absolute Gasteiger partial charge is 0.207 e. The van der Waals surface area contributed by atoms with Gasteiger partial charge in [-0.3, -0.25) is 0 Å². The highest BCUT2D eigenvalue weighted by molar-refractivity contribution is 7.89. The van der Waals surface area contributed by atoms with E-state index in [4.69, 9.17) is 5.26 Å². The van der Waals surface area contributed by atoms with Gasteiger partial charge in [-0.25, -0.2) is 12.8 Å². The minimum absolute atomic E-state index is 0.127. The number of halogens is 1. The molecule has 0 N–H and O–H groups in total. The molecule has 0 atom stereocenters. The van der Waals surface area contributed by atoms with E-state index in [0.717, 1.165) is 10.4 Å². The van der Waals surface area contributed by atoms with Gasteiger partial charge in [0, 0.05) is 6.54 Å². The number of nitriles is 1. The average molecular weight is 256 g/mol. The van der Waals surface area contributed by atoms with Gasteiger partial charge >= 0.3 is 0 Å². The number of nitrogens with zero attached hydrogens (tertiary/aromatic N) is 2. The highest BCUT2D eigenvalue weighted by atomic mass is 32.2. The predicted octanol–water partition coefficient (Wildman–Crippen LogP) is 1.67. The fourth-order valence-corrected chi connectivity index (χ4v) is 2.69. The van der Waals surface area contributed by atoms with Gasteiger partial charge in [-0.1, -0.05) is 13.0 Å². The van der Waals surface area contributed by atoms with Crippen molar-refractivity contribution in [2.45, 2.75) is 18.7 Å². The van der Waals surface area contributed by atoms with Crippen LogP contribution in [0, 0.1) is 24.1 Å². The summed E-state index contributed by atoms with van der Waals surface area (Å²) in [6.07, 6.45) is 0. The molecule has 1 rings (SSSR count). The van der Waals surface area contributed by atoms with E-state index in [-0.39, 0.29) is 18.0 Å². The SMILES string of the molecule is CCN(CC#N)S(=O)(=O)c1ccc(C)c(F)c1. The van der Waals surface area contributed by atoms with Crippen molar-refractivity contribution >= 4 is 10.0 Å². The summed E-state index contributed by atoms with van der Waals surface area (Å²) in [5, 5.41) is 8.55. The topological polar surface area (TPSA) is 61.2 Å². The largest absolute Gasteiger partial charge is 0.244 e. The van der Waals surface area contributed by atoms with Gasteiger partial charge in [0.25, 0.3) is 0 Å². The van der Waals surface area contributed by atoms with Crippen LogP contribution in [0.1, 0.15) is 12.5 Å². The number of benzene rings is 1. The van der Waals surface area contributed by atoms with E-state index >= 15 is 0 Å². The summed E-state index contributed by atoms with van der Waals surface area (Å²) >= 11 is 0. The summed E-state index contributed by atoms with van der Waals surface area (Å²) in [5.41, 5.74) is 0.382. The first-order valence-electron chi connectivity index (χ1n) is 5.06. The first kappa shape index (κ1) is 13.6. The molecule has 0 aliphatic rings. The molecule has 0 bridgehead atoms. The van der Waals surface area contributed by atoms with Crippen LogP contribution in [0.5, 0.6) is 0 Å². The predicted molar refractivity (Wildman–Crippen MR) is 61.2 cm³/mol. The van der Waals surface area contributed by atoms with E-state index in [9.17, 15) is 12.8 Å². The number of aryl methyl sites for hydroxylation is 1. The molecule has 1 aromatic carbocycles. The quantitative estimate of drug-likeness (QED) is 0.770. The average Bonchev–Trinajstić information content (AvgIpc) is 2.29. The maximum Gasteiger partial charge on any atom is 0.244 e. The van der Waals surface area contributed by atoms with Crippen LogP contribution in [0.15, 0.2) is 23.1 Å². The lowest BCUT2D eigenvalue weighted by Crippen LogP contribution is -2.31. The molecule has 0 aromatic heterocycles. The first-order chi connectivity index (χ1) is 7.93. The molecule has 0 radical (unpaired) electrons. The second kappa shape index (κ2) is 5.25. The van der Waals surface area contributed by atoms with Crippen LogP contribution in [0.2, 0.25) is 0 Å². The van der Waals surface area contributed by atoms with Crippen LogP contribution in [0.4, 0.5) is 4.39 Å². The van der Waals surface area contributed by atoms with Crippen LogP contribution in [-0.2, 0) is 10.0 Å². The van der Waals surface area contributed by atoms with Crippen molar-refractivity contribution in [3.63, 3.8) is 0 Å². The lowest BCUT2D eigenvalue weighted by Gasteiger charge is -2.17. The van der Waals surface area contributed by atoms with Crippen LogP contribution in [0.3, 0.4) is 0 Å². The fourth-order valence-electron chi connectivity index (χ4n) is 1.33. The van der Waals surface area contributed by atoms with Crippen molar-refractivity contribution in [3.05, 3.63) is 29.6 Å². The molecule has 0 saturated carbocycles. The Balaban J connectivity index is 3.21. The molecule has 92 valence electrons. The Bertz CT molecular complexity index is 549. The molecular weight excluding hydrogens is 243 g/mol. The number of sulfonamides is 1. The summed E-state index contributed by atoms with van der Waals surface area (Å²) in [5.74, 6) is -0.570. The van der Waals surface area contributed by atoms with Crippen molar-refractivity contribution in [3.8, 4) is 6.07 Å². The normalized spacial score (nSPS) is 11.5. The van der Waals surface area contributed by atoms with E-state index in [1.54, 1.807) is 19.9 Å². The Hall–Kier alpha value is -1.45. The highest BCUT2D eigenvalue weighted by Gasteiger charge is 2.23. The Morgan fingerprint density at radius 2 is 2.12 bits per heavy atom. The summed E-state index contributed by atoms with van der Waals surface area (Å²) in [4.78, 5) is -0.127. The highest BCUT2D eigenvalue weighted by Crippen LogP contribution is 2.18. The van der Waals surface area contributed by atoms with E-state index in [0.29, 0.717) is 5.56 Å². The van der Waals surface area contributed by atoms with E-state index < -0.39 is 15.8 Å². The standard InChI is InChI=1S/C11H13FN2O2S/c1-3-14(7-6-13)17(15,16)10-5-4-9(2)11(12)8-10/h4-5,8H,3,7H2,1-2H3. The van der Waals surface area contributed by atoms with Gasteiger partial charge in [0.1, 0.15) is 12.4 Å². The molecule has 1 aromatic rings. The van der Waals surface area contributed by atoms with Crippen molar-refractivity contribution in [2.75, 3.05) is 13.1 Å². The van der Waals surface area contributed by atoms with Crippen LogP contribution in [-0.4, -0.2) is 25.8 Å². The monoisotopic (exact) mass is 256 g/mol. The van der Waals surface area contributed by atoms with Gasteiger partial charge in [0.2, 0.25) is 10.0 Å². The van der Waals surface area contributed by atoms with Crippen molar-refractivity contribution < 1.29 is 12.8 Å². The summed E-state index contributed by atoms with van der Waals surface area (Å²) in [6.45, 7) is 3.11. The van der Waals surface area contributed by atoms with E-state index in [1.165, 1.54) is 12.1 Å². The zero-order chi connectivity index (χ0) is 13.1. The molecule has 0 unspecified atom stereocenters. The van der Waals surface area contributed by atoms with Gasteiger partial charge in [0.05, 0.1) is 11.0 Å². The van der Waals surface area contributed by atoms with Gasteiger partial charge in [-0.15, -0.1) is 0 Å². The third kappa shape index (κ3) is 2.81. The summed E-state index contributed by atoms with van der Waals surface area (Å²) < 4.78 is 38.4. The van der Waals surface area contributed by atoms with E-state index in [2.05, 4.69) is 0 Å². The molecular formula is C11H13FN2O2S. The molecule has 0 aliphatic carbocycles. The lowest BCUT2D eigenvalue weighted by atomic mass is 10.2. The third-order valence-corrected chi connectivity index (χ3v) is 4.30. The molecule has 0 spiro atoms. The minimum Gasteiger partial charge on any atom is -0.207 e. The van der Waals surface area contributed by atoms with Gasteiger partial charge < -0.3 is 0 Å². The fraction of sp³-hybridized carbons (Fsp3) is 0.364. The Morgan fingerprint density at radius 1 is 1.47 bits per heavy atom. The lowest BCUT2D eigenvalue weighted by molar-refractivity contribution is 0.462. The number of hydrogen-bond donors (Lipinski definition) is 0. The molecule has 4 nitrogen and oxygen atoms in total. The molecule has 0 fully saturated rings. The summed E-state index contributed by atoms with van der Waals surface area (Å²) in [6, 6.07) is 5.50. The molecule has 17 heavy (non-hydrogen) atoms. The van der Waals surface area contributed by atoms with Crippen LogP contribution < -0.4 is 0 Å². The number of rotatable bonds is 4. The van der Waals surface area contributed by atoms with E-state index in [1.807, 2.05) is 0 Å². The Labute approximate surface area is 100 Å². The van der Waals surface area contributed by atoms with Crippen LogP contribution in [0.25, 0.3) is 0 Å². The first-order valence-corrected chi connectivity index (χ1v) is 6.50. The second-order valence-corrected chi connectivity index (χ2v) is 5.44. The van der Waals surface area contributed by atoms with Gasteiger partial charge in [-0.05, 0) is 24.6 Å². The third-order valence-electron chi connectivity index (χ3n) is 2.38. The second-order valence-electron chi connectivity index (χ2n) is 3.50. The maximum atomic E-state index is 13.3. The summed E-state index contributed by atoms with van der Waals surface area (Å²) in [7, 11) is -3.78. The van der Waals surface area contributed by atoms with Gasteiger partial charge in [0.15, 0.2) is 0 Å². The number of hydrogen-bond acceptors (Lipinski definition) is 3.